The second kappa shape index (κ2) is 11.3. The van der Waals surface area contributed by atoms with Crippen molar-refractivity contribution in [3.63, 3.8) is 0 Å². The number of nitrogens with one attached hydrogen (secondary N) is 1. The van der Waals surface area contributed by atoms with Crippen molar-refractivity contribution in [2.75, 3.05) is 38.1 Å². The van der Waals surface area contributed by atoms with Crippen LogP contribution in [0.15, 0.2) is 35.3 Å². The van der Waals surface area contributed by atoms with Gasteiger partial charge in [0.2, 0.25) is 0 Å². The summed E-state index contributed by atoms with van der Waals surface area (Å²) in [6, 6.07) is 10.6. The lowest BCUT2D eigenvalue weighted by molar-refractivity contribution is 0.309. The number of hydrogen-bond donors (Lipinski definition) is 1. The summed E-state index contributed by atoms with van der Waals surface area (Å²) in [5.74, 6) is 2.87. The smallest absolute Gasteiger partial charge is 0.194 e. The number of rotatable bonds is 7. The molecule has 0 radical (unpaired) electrons. The Labute approximate surface area is 209 Å². The summed E-state index contributed by atoms with van der Waals surface area (Å²) < 4.78 is 2.03. The third-order valence-electron chi connectivity index (χ3n) is 7.11. The molecule has 2 aromatic rings. The first-order chi connectivity index (χ1) is 15.1. The minimum absolute atomic E-state index is 0. The number of nitrogens with zero attached hydrogens (tertiary/aromatic N) is 6. The summed E-state index contributed by atoms with van der Waals surface area (Å²) in [5.41, 5.74) is 1.79. The molecule has 1 N–H and O–H groups in total. The Morgan fingerprint density at radius 1 is 1.16 bits per heavy atom. The molecule has 176 valence electrons. The van der Waals surface area contributed by atoms with Crippen LogP contribution in [0.4, 0.5) is 5.69 Å². The number of para-hydroxylation sites is 1. The highest BCUT2D eigenvalue weighted by molar-refractivity contribution is 14.0. The Morgan fingerprint density at radius 2 is 1.91 bits per heavy atom. The van der Waals surface area contributed by atoms with Crippen LogP contribution in [-0.4, -0.2) is 58.9 Å². The van der Waals surface area contributed by atoms with Gasteiger partial charge in [-0.2, -0.15) is 0 Å². The second-order valence-electron chi connectivity index (χ2n) is 9.28. The molecule has 1 aliphatic heterocycles. The number of halogens is 1. The minimum Gasteiger partial charge on any atom is -0.375 e. The number of guanidine groups is 1. The van der Waals surface area contributed by atoms with Crippen LogP contribution in [-0.2, 0) is 13.6 Å². The van der Waals surface area contributed by atoms with Crippen LogP contribution in [0.2, 0.25) is 0 Å². The quantitative estimate of drug-likeness (QED) is 0.244. The van der Waals surface area contributed by atoms with E-state index in [-0.39, 0.29) is 24.0 Å². The summed E-state index contributed by atoms with van der Waals surface area (Å²) in [7, 11) is 4.17. The molecule has 1 spiro atoms. The number of anilines is 1. The fourth-order valence-electron chi connectivity index (χ4n) is 4.98. The first-order valence-electron chi connectivity index (χ1n) is 11.7. The molecule has 2 aliphatic rings. The SMILES string of the molecule is Cc1nnc(CN=C(NCCCN(C)c2ccccc2)N2CCC3(CCCC3)C2)n1C.I. The van der Waals surface area contributed by atoms with Gasteiger partial charge in [0, 0.05) is 46.0 Å². The number of aromatic nitrogens is 3. The van der Waals surface area contributed by atoms with Gasteiger partial charge in [-0.25, -0.2) is 4.99 Å². The van der Waals surface area contributed by atoms with Gasteiger partial charge >= 0.3 is 0 Å². The molecule has 1 aromatic heterocycles. The lowest BCUT2D eigenvalue weighted by Gasteiger charge is -2.26. The van der Waals surface area contributed by atoms with Gasteiger partial charge in [-0.1, -0.05) is 31.0 Å². The first-order valence-corrected chi connectivity index (χ1v) is 11.7. The molecule has 1 saturated carbocycles. The summed E-state index contributed by atoms with van der Waals surface area (Å²) in [4.78, 5) is 9.77. The van der Waals surface area contributed by atoms with Crippen molar-refractivity contribution in [3.8, 4) is 0 Å². The minimum atomic E-state index is 0. The van der Waals surface area contributed by atoms with E-state index in [2.05, 4.69) is 62.7 Å². The van der Waals surface area contributed by atoms with Crippen molar-refractivity contribution in [1.82, 2.24) is 25.0 Å². The predicted octanol–water partition coefficient (Wildman–Crippen LogP) is 3.98. The second-order valence-corrected chi connectivity index (χ2v) is 9.28. The zero-order chi connectivity index (χ0) is 21.7. The van der Waals surface area contributed by atoms with Crippen molar-refractivity contribution in [2.45, 2.75) is 52.0 Å². The van der Waals surface area contributed by atoms with Crippen LogP contribution < -0.4 is 10.2 Å². The van der Waals surface area contributed by atoms with Gasteiger partial charge in [0.15, 0.2) is 11.8 Å². The number of benzene rings is 1. The molecule has 1 aliphatic carbocycles. The van der Waals surface area contributed by atoms with E-state index in [0.717, 1.165) is 50.2 Å². The van der Waals surface area contributed by atoms with Crippen molar-refractivity contribution >= 4 is 35.6 Å². The number of likely N-dealkylation sites (tertiary alicyclic amines) is 1. The Morgan fingerprint density at radius 3 is 2.59 bits per heavy atom. The molecular weight excluding hydrogens is 513 g/mol. The summed E-state index contributed by atoms with van der Waals surface area (Å²) in [6.07, 6.45) is 7.89. The largest absolute Gasteiger partial charge is 0.375 e. The molecule has 8 heteroatoms. The summed E-state index contributed by atoms with van der Waals surface area (Å²) in [6.45, 7) is 6.71. The average Bonchev–Trinajstić information content (AvgIpc) is 3.51. The lowest BCUT2D eigenvalue weighted by Crippen LogP contribution is -2.42. The highest BCUT2D eigenvalue weighted by Gasteiger charge is 2.41. The topological polar surface area (TPSA) is 61.6 Å². The first kappa shape index (κ1) is 24.8. The predicted molar refractivity (Wildman–Crippen MR) is 142 cm³/mol. The van der Waals surface area contributed by atoms with Gasteiger partial charge in [-0.15, -0.1) is 34.2 Å². The number of hydrogen-bond acceptors (Lipinski definition) is 4. The van der Waals surface area contributed by atoms with Crippen LogP contribution in [0, 0.1) is 12.3 Å². The Balaban J connectivity index is 0.00000289. The fraction of sp³-hybridized carbons (Fsp3) is 0.625. The van der Waals surface area contributed by atoms with E-state index < -0.39 is 0 Å². The van der Waals surface area contributed by atoms with Crippen LogP contribution in [0.5, 0.6) is 0 Å². The van der Waals surface area contributed by atoms with Gasteiger partial charge < -0.3 is 19.7 Å². The molecule has 0 amide bonds. The van der Waals surface area contributed by atoms with E-state index >= 15 is 0 Å². The molecule has 1 saturated heterocycles. The van der Waals surface area contributed by atoms with Gasteiger partial charge in [-0.3, -0.25) is 0 Å². The van der Waals surface area contributed by atoms with Gasteiger partial charge in [0.05, 0.1) is 0 Å². The zero-order valence-corrected chi connectivity index (χ0v) is 22.1. The highest BCUT2D eigenvalue weighted by Crippen LogP contribution is 2.45. The van der Waals surface area contributed by atoms with Crippen molar-refractivity contribution in [3.05, 3.63) is 42.0 Å². The maximum Gasteiger partial charge on any atom is 0.194 e. The molecular formula is C24H38IN7. The third kappa shape index (κ3) is 5.94. The Hall–Kier alpha value is -1.84. The fourth-order valence-corrected chi connectivity index (χ4v) is 4.98. The molecule has 7 nitrogen and oxygen atoms in total. The van der Waals surface area contributed by atoms with E-state index in [1.54, 1.807) is 0 Å². The lowest BCUT2D eigenvalue weighted by atomic mass is 9.86. The summed E-state index contributed by atoms with van der Waals surface area (Å²) >= 11 is 0. The van der Waals surface area contributed by atoms with E-state index in [1.807, 2.05) is 18.5 Å². The normalized spacial score (nSPS) is 17.6. The van der Waals surface area contributed by atoms with Crippen LogP contribution in [0.3, 0.4) is 0 Å². The highest BCUT2D eigenvalue weighted by atomic mass is 127. The maximum absolute atomic E-state index is 4.97. The molecule has 0 bridgehead atoms. The molecule has 32 heavy (non-hydrogen) atoms. The van der Waals surface area contributed by atoms with Crippen molar-refractivity contribution in [1.29, 1.82) is 0 Å². The van der Waals surface area contributed by atoms with Crippen LogP contribution in [0.25, 0.3) is 0 Å². The van der Waals surface area contributed by atoms with Gasteiger partial charge in [0.25, 0.3) is 0 Å². The van der Waals surface area contributed by atoms with Gasteiger partial charge in [0.1, 0.15) is 12.4 Å². The monoisotopic (exact) mass is 551 g/mol. The van der Waals surface area contributed by atoms with Gasteiger partial charge in [-0.05, 0) is 50.2 Å². The van der Waals surface area contributed by atoms with Crippen molar-refractivity contribution in [2.24, 2.45) is 17.5 Å². The Bertz CT molecular complexity index is 874. The Kier molecular flexibility index (Phi) is 8.79. The number of aliphatic imine (C=N–C) groups is 1. The van der Waals surface area contributed by atoms with E-state index in [4.69, 9.17) is 4.99 Å². The van der Waals surface area contributed by atoms with E-state index in [9.17, 15) is 0 Å². The molecule has 2 heterocycles. The molecule has 0 unspecified atom stereocenters. The van der Waals surface area contributed by atoms with Crippen LogP contribution >= 0.6 is 24.0 Å². The zero-order valence-electron chi connectivity index (χ0n) is 19.8. The summed E-state index contributed by atoms with van der Waals surface area (Å²) in [5, 5.41) is 12.1. The maximum atomic E-state index is 4.97. The molecule has 2 fully saturated rings. The van der Waals surface area contributed by atoms with E-state index in [1.165, 1.54) is 37.8 Å². The molecule has 4 rings (SSSR count). The van der Waals surface area contributed by atoms with Crippen molar-refractivity contribution < 1.29 is 0 Å². The van der Waals surface area contributed by atoms with E-state index in [0.29, 0.717) is 12.0 Å². The molecule has 0 atom stereocenters. The average molecular weight is 552 g/mol. The molecule has 1 aromatic carbocycles. The third-order valence-corrected chi connectivity index (χ3v) is 7.11. The standard InChI is InChI=1S/C24H37N7.HI/c1-20-27-28-22(30(20)3)18-26-23(31-17-14-24(19-31)12-7-8-13-24)25-15-9-16-29(2)21-10-5-4-6-11-21;/h4-6,10-11H,7-9,12-19H2,1-3H3,(H,25,26);1H. The number of aryl methyl sites for hydroxylation is 1. The van der Waals surface area contributed by atoms with Crippen LogP contribution in [0.1, 0.15) is 50.2 Å².